The zero-order valence-corrected chi connectivity index (χ0v) is 10.8. The van der Waals surface area contributed by atoms with Gasteiger partial charge in [-0.25, -0.2) is 12.8 Å². The molecule has 0 aromatic heterocycles. The molecule has 3 nitrogen and oxygen atoms in total. The Morgan fingerprint density at radius 3 is 2.53 bits per heavy atom. The van der Waals surface area contributed by atoms with E-state index in [1.807, 2.05) is 4.90 Å². The van der Waals surface area contributed by atoms with Gasteiger partial charge in [-0.2, -0.15) is 0 Å². The second-order valence-electron chi connectivity index (χ2n) is 4.13. The van der Waals surface area contributed by atoms with Crippen LogP contribution < -0.4 is 0 Å². The number of nitrogens with zero attached hydrogens (tertiary/aromatic N) is 1. The molecule has 94 valence electrons. The highest BCUT2D eigenvalue weighted by atomic mass is 35.5. The van der Waals surface area contributed by atoms with Gasteiger partial charge in [0.05, 0.1) is 11.5 Å². The molecule has 0 spiro atoms. The van der Waals surface area contributed by atoms with Crippen molar-refractivity contribution < 1.29 is 12.8 Å². The average Bonchev–Trinajstić information content (AvgIpc) is 2.26. The van der Waals surface area contributed by atoms with Gasteiger partial charge in [0.15, 0.2) is 9.84 Å². The second kappa shape index (κ2) is 4.92. The normalized spacial score (nSPS) is 20.4. The maximum absolute atomic E-state index is 13.5. The van der Waals surface area contributed by atoms with Crippen LogP contribution in [0.25, 0.3) is 0 Å². The summed E-state index contributed by atoms with van der Waals surface area (Å²) in [6.45, 7) is 1.24. The van der Waals surface area contributed by atoms with Crippen LogP contribution in [0.15, 0.2) is 18.2 Å². The van der Waals surface area contributed by atoms with Crippen LogP contribution in [-0.4, -0.2) is 37.9 Å². The van der Waals surface area contributed by atoms with Crippen LogP contribution in [0.2, 0.25) is 5.02 Å². The highest BCUT2D eigenvalue weighted by molar-refractivity contribution is 7.91. The molecule has 1 aliphatic rings. The summed E-state index contributed by atoms with van der Waals surface area (Å²) in [6, 6.07) is 4.56. The molecular formula is C11H13ClFNO2S. The molecule has 1 aliphatic heterocycles. The van der Waals surface area contributed by atoms with Gasteiger partial charge in [0.1, 0.15) is 5.82 Å². The number of sulfone groups is 1. The van der Waals surface area contributed by atoms with Crippen molar-refractivity contribution in [3.8, 4) is 0 Å². The van der Waals surface area contributed by atoms with E-state index < -0.39 is 9.84 Å². The summed E-state index contributed by atoms with van der Waals surface area (Å²) in [5.74, 6) is -0.0658. The van der Waals surface area contributed by atoms with Crippen LogP contribution in [0.5, 0.6) is 0 Å². The highest BCUT2D eigenvalue weighted by Crippen LogP contribution is 2.21. The Balaban J connectivity index is 2.08. The summed E-state index contributed by atoms with van der Waals surface area (Å²) in [7, 11) is -2.90. The van der Waals surface area contributed by atoms with E-state index in [9.17, 15) is 12.8 Å². The summed E-state index contributed by atoms with van der Waals surface area (Å²) in [5, 5.41) is 0.387. The minimum absolute atomic E-state index is 0.138. The summed E-state index contributed by atoms with van der Waals surface area (Å²) in [5.41, 5.74) is 0.438. The van der Waals surface area contributed by atoms with E-state index in [2.05, 4.69) is 0 Å². The third kappa shape index (κ3) is 3.18. The Morgan fingerprint density at radius 1 is 1.29 bits per heavy atom. The van der Waals surface area contributed by atoms with Gasteiger partial charge in [0, 0.05) is 30.2 Å². The fraction of sp³-hybridized carbons (Fsp3) is 0.455. The lowest BCUT2D eigenvalue weighted by atomic mass is 10.2. The van der Waals surface area contributed by atoms with Crippen LogP contribution in [0.1, 0.15) is 5.56 Å². The monoisotopic (exact) mass is 277 g/mol. The van der Waals surface area contributed by atoms with Gasteiger partial charge < -0.3 is 0 Å². The van der Waals surface area contributed by atoms with Crippen molar-refractivity contribution in [2.45, 2.75) is 6.54 Å². The molecule has 1 aromatic carbocycles. The minimum Gasteiger partial charge on any atom is -0.297 e. The molecule has 6 heteroatoms. The molecule has 0 N–H and O–H groups in total. The fourth-order valence-corrected chi connectivity index (χ4v) is 3.31. The molecule has 0 radical (unpaired) electrons. The van der Waals surface area contributed by atoms with Crippen molar-refractivity contribution in [1.29, 1.82) is 0 Å². The van der Waals surface area contributed by atoms with Crippen molar-refractivity contribution in [2.75, 3.05) is 24.6 Å². The molecule has 0 amide bonds. The van der Waals surface area contributed by atoms with Gasteiger partial charge in [0.2, 0.25) is 0 Å². The Kier molecular flexibility index (Phi) is 3.70. The third-order valence-corrected chi connectivity index (χ3v) is 4.84. The maximum atomic E-state index is 13.5. The topological polar surface area (TPSA) is 37.4 Å². The van der Waals surface area contributed by atoms with E-state index in [4.69, 9.17) is 11.6 Å². The lowest BCUT2D eigenvalue weighted by Crippen LogP contribution is -2.39. The number of halogens is 2. The van der Waals surface area contributed by atoms with Crippen LogP contribution >= 0.6 is 11.6 Å². The van der Waals surface area contributed by atoms with E-state index in [1.54, 1.807) is 12.1 Å². The molecule has 1 fully saturated rings. The lowest BCUT2D eigenvalue weighted by Gasteiger charge is -2.26. The Labute approximate surface area is 105 Å². The second-order valence-corrected chi connectivity index (χ2v) is 6.84. The Bertz CT molecular complexity index is 484. The predicted molar refractivity (Wildman–Crippen MR) is 65.3 cm³/mol. The van der Waals surface area contributed by atoms with Crippen molar-refractivity contribution in [3.63, 3.8) is 0 Å². The van der Waals surface area contributed by atoms with E-state index in [0.29, 0.717) is 30.2 Å². The zero-order valence-electron chi connectivity index (χ0n) is 9.20. The van der Waals surface area contributed by atoms with Gasteiger partial charge in [-0.3, -0.25) is 4.90 Å². The standard InChI is InChI=1S/C11H13ClFNO2S/c12-10-2-1-3-11(13)9(10)8-14-4-6-17(15,16)7-5-14/h1-3H,4-8H2. The molecule has 0 unspecified atom stereocenters. The lowest BCUT2D eigenvalue weighted by molar-refractivity contribution is 0.283. The number of hydrogen-bond donors (Lipinski definition) is 0. The third-order valence-electron chi connectivity index (χ3n) is 2.88. The molecule has 0 aliphatic carbocycles. The summed E-state index contributed by atoms with van der Waals surface area (Å²) >= 11 is 5.92. The predicted octanol–water partition coefficient (Wildman–Crippen LogP) is 1.71. The van der Waals surface area contributed by atoms with Crippen molar-refractivity contribution in [1.82, 2.24) is 4.90 Å². The Morgan fingerprint density at radius 2 is 1.94 bits per heavy atom. The Hall–Kier alpha value is -0.650. The molecule has 0 atom stereocenters. The first-order valence-electron chi connectivity index (χ1n) is 5.33. The van der Waals surface area contributed by atoms with Crippen LogP contribution in [0.3, 0.4) is 0 Å². The van der Waals surface area contributed by atoms with Gasteiger partial charge in [0.25, 0.3) is 0 Å². The molecule has 1 heterocycles. The first-order valence-corrected chi connectivity index (χ1v) is 7.53. The number of benzene rings is 1. The van der Waals surface area contributed by atoms with E-state index >= 15 is 0 Å². The smallest absolute Gasteiger partial charge is 0.152 e. The number of hydrogen-bond acceptors (Lipinski definition) is 3. The summed E-state index contributed by atoms with van der Waals surface area (Å²) < 4.78 is 36.0. The van der Waals surface area contributed by atoms with Crippen molar-refractivity contribution in [3.05, 3.63) is 34.6 Å². The van der Waals surface area contributed by atoms with Crippen LogP contribution in [0, 0.1) is 5.82 Å². The highest BCUT2D eigenvalue weighted by Gasteiger charge is 2.22. The molecule has 17 heavy (non-hydrogen) atoms. The average molecular weight is 278 g/mol. The van der Waals surface area contributed by atoms with Gasteiger partial charge in [-0.15, -0.1) is 0 Å². The summed E-state index contributed by atoms with van der Waals surface area (Å²) in [6.07, 6.45) is 0. The van der Waals surface area contributed by atoms with Gasteiger partial charge in [-0.1, -0.05) is 17.7 Å². The molecule has 1 aromatic rings. The quantitative estimate of drug-likeness (QED) is 0.826. The SMILES string of the molecule is O=S1(=O)CCN(Cc2c(F)cccc2Cl)CC1. The first kappa shape index (κ1) is 12.8. The molecular weight excluding hydrogens is 265 g/mol. The van der Waals surface area contributed by atoms with Crippen LogP contribution in [-0.2, 0) is 16.4 Å². The molecule has 2 rings (SSSR count). The largest absolute Gasteiger partial charge is 0.297 e. The fourth-order valence-electron chi connectivity index (χ4n) is 1.82. The van der Waals surface area contributed by atoms with Gasteiger partial charge in [-0.05, 0) is 12.1 Å². The first-order chi connectivity index (χ1) is 7.98. The van der Waals surface area contributed by atoms with Crippen molar-refractivity contribution >= 4 is 21.4 Å². The minimum atomic E-state index is -2.90. The van der Waals surface area contributed by atoms with E-state index in [-0.39, 0.29) is 17.3 Å². The molecule has 0 saturated carbocycles. The molecule has 0 bridgehead atoms. The zero-order chi connectivity index (χ0) is 12.5. The molecule has 1 saturated heterocycles. The number of rotatable bonds is 2. The maximum Gasteiger partial charge on any atom is 0.152 e. The van der Waals surface area contributed by atoms with Crippen LogP contribution in [0.4, 0.5) is 4.39 Å². The summed E-state index contributed by atoms with van der Waals surface area (Å²) in [4.78, 5) is 1.91. The van der Waals surface area contributed by atoms with Crippen molar-refractivity contribution in [2.24, 2.45) is 0 Å². The van der Waals surface area contributed by atoms with Gasteiger partial charge >= 0.3 is 0 Å². The van der Waals surface area contributed by atoms with E-state index in [1.165, 1.54) is 6.07 Å². The van der Waals surface area contributed by atoms with E-state index in [0.717, 1.165) is 0 Å².